The summed E-state index contributed by atoms with van der Waals surface area (Å²) in [6.45, 7) is 20.1. The van der Waals surface area contributed by atoms with Crippen molar-refractivity contribution in [1.29, 1.82) is 0 Å². The van der Waals surface area contributed by atoms with E-state index in [1.54, 1.807) is 0 Å². The van der Waals surface area contributed by atoms with Crippen LogP contribution in [0, 0.1) is 28.1 Å². The van der Waals surface area contributed by atoms with Crippen LogP contribution in [0.15, 0.2) is 0 Å². The maximum absolute atomic E-state index is 13.1. The van der Waals surface area contributed by atoms with E-state index in [1.807, 2.05) is 0 Å². The average molecular weight is 339 g/mol. The van der Waals surface area contributed by atoms with E-state index in [4.69, 9.17) is 4.74 Å². The molecule has 0 aromatic heterocycles. The first-order chi connectivity index (χ1) is 10.8. The van der Waals surface area contributed by atoms with E-state index in [-0.39, 0.29) is 17.5 Å². The minimum absolute atomic E-state index is 0.0227. The van der Waals surface area contributed by atoms with Crippen LogP contribution >= 0.6 is 0 Å². The van der Waals surface area contributed by atoms with Crippen LogP contribution in [-0.2, 0) is 9.53 Å². The van der Waals surface area contributed by atoms with E-state index in [0.29, 0.717) is 11.3 Å². The largest absolute Gasteiger partial charge is 0.462 e. The summed E-state index contributed by atoms with van der Waals surface area (Å²) in [4.78, 5) is 13.1. The van der Waals surface area contributed by atoms with Gasteiger partial charge in [-0.1, -0.05) is 61.8 Å². The van der Waals surface area contributed by atoms with Crippen molar-refractivity contribution in [2.45, 2.75) is 107 Å². The monoisotopic (exact) mass is 338 g/mol. The van der Waals surface area contributed by atoms with Gasteiger partial charge in [0.25, 0.3) is 0 Å². The summed E-state index contributed by atoms with van der Waals surface area (Å²) in [6, 6.07) is 0. The summed E-state index contributed by atoms with van der Waals surface area (Å²) in [5.41, 5.74) is -0.134. The van der Waals surface area contributed by atoms with Crippen LogP contribution < -0.4 is 0 Å². The van der Waals surface area contributed by atoms with E-state index in [2.05, 4.69) is 62.3 Å². The Bertz CT molecular complexity index is 405. The van der Waals surface area contributed by atoms with Gasteiger partial charge in [0.1, 0.15) is 6.10 Å². The SMILES string of the molecule is CCC(C)CC(C)(C(=O)OC1CCC(C(C)(C)C)CC1)C(C)(C)C. The zero-order chi connectivity index (χ0) is 18.8. The van der Waals surface area contributed by atoms with Crippen molar-refractivity contribution < 1.29 is 9.53 Å². The molecule has 2 heteroatoms. The summed E-state index contributed by atoms with van der Waals surface area (Å²) in [6.07, 6.45) is 6.54. The Morgan fingerprint density at radius 2 is 1.50 bits per heavy atom. The molecule has 24 heavy (non-hydrogen) atoms. The fraction of sp³-hybridized carbons (Fsp3) is 0.955. The number of rotatable bonds is 5. The van der Waals surface area contributed by atoms with Crippen molar-refractivity contribution >= 4 is 5.97 Å². The van der Waals surface area contributed by atoms with E-state index in [1.165, 1.54) is 12.8 Å². The molecule has 0 saturated heterocycles. The molecule has 0 spiro atoms. The van der Waals surface area contributed by atoms with Gasteiger partial charge in [0.15, 0.2) is 0 Å². The molecule has 0 bridgehead atoms. The Morgan fingerprint density at radius 1 is 1.00 bits per heavy atom. The van der Waals surface area contributed by atoms with Crippen molar-refractivity contribution in [3.63, 3.8) is 0 Å². The van der Waals surface area contributed by atoms with Gasteiger partial charge in [0, 0.05) is 0 Å². The first-order valence-corrected chi connectivity index (χ1v) is 10.0. The highest BCUT2D eigenvalue weighted by atomic mass is 16.5. The molecular weight excluding hydrogens is 296 g/mol. The lowest BCUT2D eigenvalue weighted by atomic mass is 9.63. The number of esters is 1. The zero-order valence-corrected chi connectivity index (χ0v) is 17.8. The standard InChI is InChI=1S/C22H42O2/c1-10-16(2)15-22(9,21(6,7)8)19(23)24-18-13-11-17(12-14-18)20(3,4)5/h16-18H,10-15H2,1-9H3. The molecule has 2 nitrogen and oxygen atoms in total. The maximum atomic E-state index is 13.1. The highest BCUT2D eigenvalue weighted by molar-refractivity contribution is 5.77. The van der Waals surface area contributed by atoms with Gasteiger partial charge in [-0.2, -0.15) is 0 Å². The van der Waals surface area contributed by atoms with Gasteiger partial charge < -0.3 is 4.74 Å². The molecule has 2 atom stereocenters. The van der Waals surface area contributed by atoms with Gasteiger partial charge >= 0.3 is 5.97 Å². The number of carbonyl (C=O) groups excluding carboxylic acids is 1. The zero-order valence-electron chi connectivity index (χ0n) is 17.8. The average Bonchev–Trinajstić information content (AvgIpc) is 2.45. The van der Waals surface area contributed by atoms with Gasteiger partial charge in [-0.3, -0.25) is 4.79 Å². The fourth-order valence-corrected chi connectivity index (χ4v) is 3.87. The highest BCUT2D eigenvalue weighted by Crippen LogP contribution is 2.46. The summed E-state index contributed by atoms with van der Waals surface area (Å²) in [5, 5.41) is 0. The third-order valence-corrected chi connectivity index (χ3v) is 6.73. The smallest absolute Gasteiger partial charge is 0.312 e. The molecule has 0 heterocycles. The first kappa shape index (κ1) is 21.5. The number of hydrogen-bond acceptors (Lipinski definition) is 2. The molecule has 2 unspecified atom stereocenters. The van der Waals surface area contributed by atoms with E-state index >= 15 is 0 Å². The number of ether oxygens (including phenoxy) is 1. The van der Waals surface area contributed by atoms with Crippen LogP contribution in [0.4, 0.5) is 0 Å². The van der Waals surface area contributed by atoms with Crippen LogP contribution in [0.5, 0.6) is 0 Å². The first-order valence-electron chi connectivity index (χ1n) is 10.0. The van der Waals surface area contributed by atoms with Gasteiger partial charge in [-0.05, 0) is 61.7 Å². The fourth-order valence-electron chi connectivity index (χ4n) is 3.87. The van der Waals surface area contributed by atoms with Crippen LogP contribution in [0.3, 0.4) is 0 Å². The Hall–Kier alpha value is -0.530. The van der Waals surface area contributed by atoms with Crippen molar-refractivity contribution in [2.24, 2.45) is 28.1 Å². The van der Waals surface area contributed by atoms with Gasteiger partial charge in [-0.25, -0.2) is 0 Å². The third kappa shape index (κ3) is 5.23. The Balaban J connectivity index is 2.73. The predicted molar refractivity (Wildman–Crippen MR) is 103 cm³/mol. The lowest BCUT2D eigenvalue weighted by molar-refractivity contribution is -0.171. The molecule has 0 aromatic carbocycles. The Morgan fingerprint density at radius 3 is 1.88 bits per heavy atom. The topological polar surface area (TPSA) is 26.3 Å². The van der Waals surface area contributed by atoms with Crippen LogP contribution in [-0.4, -0.2) is 12.1 Å². The quantitative estimate of drug-likeness (QED) is 0.526. The normalized spacial score (nSPS) is 26.5. The molecular formula is C22H42O2. The van der Waals surface area contributed by atoms with Crippen molar-refractivity contribution in [1.82, 2.24) is 0 Å². The summed E-state index contributed by atoms with van der Waals surface area (Å²) < 4.78 is 6.05. The number of carbonyl (C=O) groups is 1. The maximum Gasteiger partial charge on any atom is 0.312 e. The molecule has 0 aliphatic heterocycles. The second-order valence-electron chi connectivity index (χ2n) is 10.5. The van der Waals surface area contributed by atoms with Crippen LogP contribution in [0.2, 0.25) is 0 Å². The summed E-state index contributed by atoms with van der Waals surface area (Å²) in [5.74, 6) is 1.31. The van der Waals surface area contributed by atoms with Crippen molar-refractivity contribution in [3.05, 3.63) is 0 Å². The molecule has 0 amide bonds. The summed E-state index contributed by atoms with van der Waals surface area (Å²) >= 11 is 0. The second-order valence-corrected chi connectivity index (χ2v) is 10.5. The number of hydrogen-bond donors (Lipinski definition) is 0. The predicted octanol–water partition coefficient (Wildman–Crippen LogP) is 6.62. The molecule has 1 fully saturated rings. The van der Waals surface area contributed by atoms with Gasteiger partial charge in [-0.15, -0.1) is 0 Å². The molecule has 0 aromatic rings. The molecule has 142 valence electrons. The lowest BCUT2D eigenvalue weighted by Gasteiger charge is -2.43. The highest BCUT2D eigenvalue weighted by Gasteiger charge is 2.47. The van der Waals surface area contributed by atoms with Crippen molar-refractivity contribution in [2.75, 3.05) is 0 Å². The minimum atomic E-state index is -0.413. The van der Waals surface area contributed by atoms with Crippen LogP contribution in [0.1, 0.15) is 101 Å². The summed E-state index contributed by atoms with van der Waals surface area (Å²) in [7, 11) is 0. The molecule has 1 saturated carbocycles. The van der Waals surface area contributed by atoms with Crippen molar-refractivity contribution in [3.8, 4) is 0 Å². The van der Waals surface area contributed by atoms with Gasteiger partial charge in [0.2, 0.25) is 0 Å². The second kappa shape index (κ2) is 7.79. The Labute approximate surface area is 151 Å². The van der Waals surface area contributed by atoms with E-state index in [0.717, 1.165) is 31.6 Å². The van der Waals surface area contributed by atoms with Gasteiger partial charge in [0.05, 0.1) is 5.41 Å². The molecule has 1 aliphatic carbocycles. The Kier molecular flexibility index (Phi) is 6.98. The van der Waals surface area contributed by atoms with Crippen LogP contribution in [0.25, 0.3) is 0 Å². The molecule has 0 N–H and O–H groups in total. The minimum Gasteiger partial charge on any atom is -0.462 e. The van der Waals surface area contributed by atoms with E-state index < -0.39 is 5.41 Å². The molecule has 1 rings (SSSR count). The lowest BCUT2D eigenvalue weighted by Crippen LogP contribution is -2.44. The third-order valence-electron chi connectivity index (χ3n) is 6.73. The molecule has 0 radical (unpaired) electrons. The van der Waals surface area contributed by atoms with E-state index in [9.17, 15) is 4.79 Å². The molecule has 1 aliphatic rings.